The summed E-state index contributed by atoms with van der Waals surface area (Å²) in [7, 11) is 0. The van der Waals surface area contributed by atoms with Crippen LogP contribution in [0.1, 0.15) is 26.5 Å². The fourth-order valence-corrected chi connectivity index (χ4v) is 3.31. The van der Waals surface area contributed by atoms with Gasteiger partial charge in [-0.25, -0.2) is 0 Å². The molecule has 1 aromatic heterocycles. The molecular formula is C15H16N2O3. The van der Waals surface area contributed by atoms with Gasteiger partial charge in [0.15, 0.2) is 12.3 Å². The molecule has 3 heterocycles. The molecule has 2 aromatic rings. The van der Waals surface area contributed by atoms with E-state index in [1.165, 1.54) is 0 Å². The van der Waals surface area contributed by atoms with Crippen LogP contribution in [0.2, 0.25) is 0 Å². The number of fused-ring (bicyclic) bond motifs is 5. The Kier molecular flexibility index (Phi) is 2.41. The molecule has 2 aliphatic heterocycles. The maximum atomic E-state index is 12.0. The van der Waals surface area contributed by atoms with Gasteiger partial charge in [-0.3, -0.25) is 9.36 Å². The van der Waals surface area contributed by atoms with Gasteiger partial charge < -0.3 is 9.47 Å². The zero-order valence-corrected chi connectivity index (χ0v) is 11.4. The van der Waals surface area contributed by atoms with Crippen LogP contribution in [-0.4, -0.2) is 21.8 Å². The number of ether oxygens (including phenoxy) is 2. The molecular weight excluding hydrogens is 256 g/mol. The van der Waals surface area contributed by atoms with Crippen LogP contribution in [-0.2, 0) is 4.74 Å². The first-order valence-corrected chi connectivity index (χ1v) is 7.04. The third kappa shape index (κ3) is 1.41. The summed E-state index contributed by atoms with van der Waals surface area (Å²) >= 11 is 0. The van der Waals surface area contributed by atoms with Gasteiger partial charge in [0.1, 0.15) is 0 Å². The summed E-state index contributed by atoms with van der Waals surface area (Å²) in [6.07, 6.45) is 0.912. The minimum Gasteiger partial charge on any atom is -0.456 e. The molecule has 0 saturated carbocycles. The van der Waals surface area contributed by atoms with E-state index in [1.54, 1.807) is 6.07 Å². The standard InChI is InChI=1S/C15H16N2O3/c1-3-11-8(2)12-14(19-11)17-10-7-5-4-6-9(10)13(18)16-15(17)20-12/h4-8,11-12,14H,3H2,1-2H3/t8-,11-,12+,14-/m1/s1. The maximum absolute atomic E-state index is 12.0. The summed E-state index contributed by atoms with van der Waals surface area (Å²) in [6, 6.07) is 7.85. The van der Waals surface area contributed by atoms with Crippen molar-refractivity contribution < 1.29 is 9.47 Å². The topological polar surface area (TPSA) is 53.4 Å². The van der Waals surface area contributed by atoms with Crippen LogP contribution >= 0.6 is 0 Å². The highest BCUT2D eigenvalue weighted by Gasteiger charge is 2.49. The van der Waals surface area contributed by atoms with Gasteiger partial charge in [0.2, 0.25) is 0 Å². The van der Waals surface area contributed by atoms with Crippen LogP contribution in [0.15, 0.2) is 29.1 Å². The maximum Gasteiger partial charge on any atom is 0.302 e. The van der Waals surface area contributed by atoms with Gasteiger partial charge in [-0.05, 0) is 18.6 Å². The Bertz CT molecular complexity index is 739. The molecule has 0 radical (unpaired) electrons. The number of benzene rings is 1. The van der Waals surface area contributed by atoms with Crippen molar-refractivity contribution in [3.05, 3.63) is 34.6 Å². The second-order valence-electron chi connectivity index (χ2n) is 5.50. The second kappa shape index (κ2) is 4.06. The van der Waals surface area contributed by atoms with Gasteiger partial charge in [0.05, 0.1) is 17.0 Å². The predicted octanol–water partition coefficient (Wildman–Crippen LogP) is 2.10. The van der Waals surface area contributed by atoms with Crippen LogP contribution in [0, 0.1) is 5.92 Å². The fourth-order valence-electron chi connectivity index (χ4n) is 3.31. The third-order valence-electron chi connectivity index (χ3n) is 4.40. The Morgan fingerprint density at radius 3 is 2.95 bits per heavy atom. The van der Waals surface area contributed by atoms with E-state index in [0.29, 0.717) is 17.3 Å². The largest absolute Gasteiger partial charge is 0.456 e. The minimum absolute atomic E-state index is 0.0577. The summed E-state index contributed by atoms with van der Waals surface area (Å²) in [5.74, 6) is 0.292. The second-order valence-corrected chi connectivity index (χ2v) is 5.50. The van der Waals surface area contributed by atoms with Gasteiger partial charge in [-0.15, -0.1) is 0 Å². The fraction of sp³-hybridized carbons (Fsp3) is 0.467. The average Bonchev–Trinajstić information content (AvgIpc) is 2.96. The Morgan fingerprint density at radius 1 is 1.35 bits per heavy atom. The highest BCUT2D eigenvalue weighted by Crippen LogP contribution is 2.44. The third-order valence-corrected chi connectivity index (χ3v) is 4.40. The lowest BCUT2D eigenvalue weighted by atomic mass is 9.99. The number of rotatable bonds is 1. The summed E-state index contributed by atoms with van der Waals surface area (Å²) in [4.78, 5) is 16.1. The molecule has 1 saturated heterocycles. The van der Waals surface area contributed by atoms with E-state index in [2.05, 4.69) is 18.8 Å². The zero-order chi connectivity index (χ0) is 13.9. The molecule has 4 rings (SSSR count). The zero-order valence-electron chi connectivity index (χ0n) is 11.4. The van der Waals surface area contributed by atoms with Gasteiger partial charge in [0, 0.05) is 5.92 Å². The number of para-hydroxylation sites is 1. The number of hydrogen-bond acceptors (Lipinski definition) is 4. The van der Waals surface area contributed by atoms with E-state index < -0.39 is 0 Å². The van der Waals surface area contributed by atoms with Crippen LogP contribution in [0.3, 0.4) is 0 Å². The molecule has 0 aliphatic carbocycles. The highest BCUT2D eigenvalue weighted by atomic mass is 16.6. The van der Waals surface area contributed by atoms with Crippen molar-refractivity contribution in [1.29, 1.82) is 0 Å². The smallest absolute Gasteiger partial charge is 0.302 e. The molecule has 0 amide bonds. The number of nitrogens with zero attached hydrogens (tertiary/aromatic N) is 2. The van der Waals surface area contributed by atoms with E-state index in [-0.39, 0.29) is 24.0 Å². The Hall–Kier alpha value is -1.88. The summed E-state index contributed by atoms with van der Waals surface area (Å²) in [5.41, 5.74) is 0.588. The van der Waals surface area contributed by atoms with Crippen molar-refractivity contribution in [2.75, 3.05) is 0 Å². The van der Waals surface area contributed by atoms with Crippen molar-refractivity contribution in [3.63, 3.8) is 0 Å². The Labute approximate surface area is 116 Å². The molecule has 2 aliphatic rings. The number of hydrogen-bond donors (Lipinski definition) is 0. The Morgan fingerprint density at radius 2 is 2.15 bits per heavy atom. The molecule has 5 nitrogen and oxygen atoms in total. The number of aromatic nitrogens is 2. The SMILES string of the molecule is CC[C@H]1O[C@@H]2[C@@H](Oc3nc(=O)c4ccccc4n32)[C@@H]1C. The van der Waals surface area contributed by atoms with Crippen molar-refractivity contribution >= 4 is 10.9 Å². The first kappa shape index (κ1) is 11.9. The lowest BCUT2D eigenvalue weighted by molar-refractivity contribution is -0.00551. The summed E-state index contributed by atoms with van der Waals surface area (Å²) in [5, 5.41) is 0.608. The van der Waals surface area contributed by atoms with E-state index in [1.807, 2.05) is 22.8 Å². The summed E-state index contributed by atoms with van der Waals surface area (Å²) < 4.78 is 13.9. The predicted molar refractivity (Wildman–Crippen MR) is 73.8 cm³/mol. The average molecular weight is 272 g/mol. The monoisotopic (exact) mass is 272 g/mol. The molecule has 0 N–H and O–H groups in total. The normalized spacial score (nSPS) is 31.1. The van der Waals surface area contributed by atoms with Crippen LogP contribution in [0.4, 0.5) is 0 Å². The van der Waals surface area contributed by atoms with Gasteiger partial charge >= 0.3 is 6.01 Å². The first-order valence-electron chi connectivity index (χ1n) is 7.04. The first-order chi connectivity index (χ1) is 9.70. The molecule has 0 spiro atoms. The van der Waals surface area contributed by atoms with Crippen LogP contribution < -0.4 is 10.3 Å². The van der Waals surface area contributed by atoms with Crippen LogP contribution in [0.25, 0.3) is 10.9 Å². The molecule has 104 valence electrons. The summed E-state index contributed by atoms with van der Waals surface area (Å²) in [6.45, 7) is 4.25. The lowest BCUT2D eigenvalue weighted by Crippen LogP contribution is -2.24. The van der Waals surface area contributed by atoms with Crippen LogP contribution in [0.5, 0.6) is 6.01 Å². The van der Waals surface area contributed by atoms with Gasteiger partial charge in [-0.1, -0.05) is 26.0 Å². The molecule has 0 unspecified atom stereocenters. The van der Waals surface area contributed by atoms with Crippen molar-refractivity contribution in [1.82, 2.24) is 9.55 Å². The molecule has 5 heteroatoms. The minimum atomic E-state index is -0.244. The molecule has 20 heavy (non-hydrogen) atoms. The lowest BCUT2D eigenvalue weighted by Gasteiger charge is -2.16. The molecule has 4 atom stereocenters. The molecule has 1 fully saturated rings. The van der Waals surface area contributed by atoms with E-state index >= 15 is 0 Å². The van der Waals surface area contributed by atoms with Crippen molar-refractivity contribution in [2.24, 2.45) is 5.92 Å². The quantitative estimate of drug-likeness (QED) is 0.797. The molecule has 0 bridgehead atoms. The van der Waals surface area contributed by atoms with E-state index in [4.69, 9.17) is 9.47 Å². The highest BCUT2D eigenvalue weighted by molar-refractivity contribution is 5.78. The van der Waals surface area contributed by atoms with E-state index in [0.717, 1.165) is 11.9 Å². The van der Waals surface area contributed by atoms with Crippen molar-refractivity contribution in [3.8, 4) is 6.01 Å². The van der Waals surface area contributed by atoms with Gasteiger partial charge in [-0.2, -0.15) is 4.98 Å². The van der Waals surface area contributed by atoms with Gasteiger partial charge in [0.25, 0.3) is 5.56 Å². The van der Waals surface area contributed by atoms with Crippen molar-refractivity contribution in [2.45, 2.75) is 38.7 Å². The Balaban J connectivity index is 1.94. The van der Waals surface area contributed by atoms with E-state index in [9.17, 15) is 4.79 Å². The molecule has 1 aromatic carbocycles.